The van der Waals surface area contributed by atoms with Crippen molar-refractivity contribution in [2.24, 2.45) is 0 Å². The van der Waals surface area contributed by atoms with Crippen LogP contribution >= 0.6 is 0 Å². The summed E-state index contributed by atoms with van der Waals surface area (Å²) in [5.41, 5.74) is 0. The van der Waals surface area contributed by atoms with Crippen LogP contribution in [0.25, 0.3) is 0 Å². The van der Waals surface area contributed by atoms with Crippen molar-refractivity contribution in [3.05, 3.63) is 85.1 Å². The quantitative estimate of drug-likeness (QED) is 0.0206. The summed E-state index contributed by atoms with van der Waals surface area (Å²) in [5.74, 6) is -1.87. The zero-order chi connectivity index (χ0) is 40.7. The summed E-state index contributed by atoms with van der Waals surface area (Å²) in [5, 5.41) is 11.6. The second-order valence-corrected chi connectivity index (χ2v) is 15.0. The highest BCUT2D eigenvalue weighted by Gasteiger charge is 2.25. The second-order valence-electron chi connectivity index (χ2n) is 15.0. The van der Waals surface area contributed by atoms with Crippen LogP contribution in [-0.2, 0) is 28.6 Å². The summed E-state index contributed by atoms with van der Waals surface area (Å²) in [4.78, 5) is 36.7. The molecule has 55 heavy (non-hydrogen) atoms. The highest BCUT2D eigenvalue weighted by atomic mass is 16.6. The molecule has 0 N–H and O–H groups in total. The molecule has 0 saturated carbocycles. The Hall–Kier alpha value is -3.49. The van der Waals surface area contributed by atoms with Gasteiger partial charge in [-0.15, -0.1) is 0 Å². The number of ether oxygens (including phenoxy) is 3. The van der Waals surface area contributed by atoms with E-state index in [2.05, 4.69) is 56.4 Å². The van der Waals surface area contributed by atoms with Crippen molar-refractivity contribution in [1.29, 1.82) is 0 Å². The number of hydrogen-bond acceptors (Lipinski definition) is 7. The lowest BCUT2D eigenvalue weighted by molar-refractivity contribution is -0.889. The van der Waals surface area contributed by atoms with Crippen molar-refractivity contribution in [1.82, 2.24) is 0 Å². The lowest BCUT2D eigenvalue weighted by Crippen LogP contribution is -2.55. The average molecular weight is 768 g/mol. The largest absolute Gasteiger partial charge is 0.544 e. The predicted molar refractivity (Wildman–Crippen MR) is 226 cm³/mol. The molecule has 0 amide bonds. The summed E-state index contributed by atoms with van der Waals surface area (Å²) < 4.78 is 17.0. The molecule has 0 aromatic rings. The van der Waals surface area contributed by atoms with Crippen molar-refractivity contribution in [2.75, 3.05) is 41.0 Å². The number of likely N-dealkylation sites (N-methyl/N-ethyl adjacent to an activating group) is 1. The highest BCUT2D eigenvalue weighted by Crippen LogP contribution is 2.11. The first-order valence-electron chi connectivity index (χ1n) is 21.2. The van der Waals surface area contributed by atoms with Gasteiger partial charge in [-0.1, -0.05) is 157 Å². The van der Waals surface area contributed by atoms with Crippen LogP contribution in [0.4, 0.5) is 0 Å². The first kappa shape index (κ1) is 51.5. The van der Waals surface area contributed by atoms with Crippen molar-refractivity contribution < 1.29 is 38.2 Å². The number of rotatable bonds is 36. The fourth-order valence-electron chi connectivity index (χ4n) is 5.56. The second kappa shape index (κ2) is 37.4. The minimum absolute atomic E-state index is 0.00442. The van der Waals surface area contributed by atoms with Crippen LogP contribution in [0.15, 0.2) is 85.1 Å². The SMILES string of the molecule is CCC/C=C/C=C/C=C/C=C/C=C/CCCCCCCC(=O)OCC(COCCC(C(=O)[O-])[N+](C)(C)C)OC(=O)CC/C=C/C/C=C/CCCCCCCC. The van der Waals surface area contributed by atoms with Crippen LogP contribution in [0, 0.1) is 0 Å². The summed E-state index contributed by atoms with van der Waals surface area (Å²) >= 11 is 0. The molecule has 0 aromatic carbocycles. The third-order valence-electron chi connectivity index (χ3n) is 8.88. The minimum atomic E-state index is -1.14. The van der Waals surface area contributed by atoms with Crippen LogP contribution in [-0.4, -0.2) is 75.5 Å². The van der Waals surface area contributed by atoms with Gasteiger partial charge in [0.25, 0.3) is 0 Å². The zero-order valence-corrected chi connectivity index (χ0v) is 35.3. The van der Waals surface area contributed by atoms with Gasteiger partial charge >= 0.3 is 11.9 Å². The predicted octanol–water partition coefficient (Wildman–Crippen LogP) is 10.0. The molecule has 0 radical (unpaired) electrons. The molecule has 0 spiro atoms. The lowest BCUT2D eigenvalue weighted by atomic mass is 10.1. The van der Waals surface area contributed by atoms with Gasteiger partial charge < -0.3 is 28.6 Å². The lowest BCUT2D eigenvalue weighted by Gasteiger charge is -2.34. The molecule has 0 aromatic heterocycles. The van der Waals surface area contributed by atoms with Gasteiger partial charge in [0, 0.05) is 19.3 Å². The van der Waals surface area contributed by atoms with E-state index >= 15 is 0 Å². The van der Waals surface area contributed by atoms with Crippen LogP contribution in [0.3, 0.4) is 0 Å². The van der Waals surface area contributed by atoms with Gasteiger partial charge in [-0.25, -0.2) is 0 Å². The van der Waals surface area contributed by atoms with E-state index in [1.54, 1.807) is 21.1 Å². The first-order chi connectivity index (χ1) is 26.6. The van der Waals surface area contributed by atoms with Crippen molar-refractivity contribution in [3.63, 3.8) is 0 Å². The van der Waals surface area contributed by atoms with E-state index < -0.39 is 24.1 Å². The molecular formula is C47H77NO7. The summed E-state index contributed by atoms with van der Waals surface area (Å²) in [6.45, 7) is 4.45. The number of unbranched alkanes of at least 4 members (excludes halogenated alkanes) is 12. The third kappa shape index (κ3) is 35.9. The maximum absolute atomic E-state index is 12.6. The van der Waals surface area contributed by atoms with E-state index in [9.17, 15) is 19.5 Å². The molecule has 8 heteroatoms. The molecule has 0 bridgehead atoms. The molecule has 312 valence electrons. The summed E-state index contributed by atoms with van der Waals surface area (Å²) in [7, 11) is 5.37. The van der Waals surface area contributed by atoms with Gasteiger partial charge in [-0.2, -0.15) is 0 Å². The Morgan fingerprint density at radius 1 is 0.564 bits per heavy atom. The van der Waals surface area contributed by atoms with E-state index in [0.717, 1.165) is 57.8 Å². The third-order valence-corrected chi connectivity index (χ3v) is 8.88. The number of carbonyl (C=O) groups is 3. The number of aliphatic carboxylic acids is 1. The number of esters is 2. The molecule has 8 nitrogen and oxygen atoms in total. The average Bonchev–Trinajstić information content (AvgIpc) is 3.14. The number of carboxylic acids is 1. The van der Waals surface area contributed by atoms with Crippen molar-refractivity contribution in [2.45, 2.75) is 154 Å². The maximum atomic E-state index is 12.6. The number of carbonyl (C=O) groups excluding carboxylic acids is 3. The van der Waals surface area contributed by atoms with Gasteiger partial charge in [0.1, 0.15) is 12.6 Å². The Morgan fingerprint density at radius 3 is 1.71 bits per heavy atom. The molecule has 0 aliphatic heterocycles. The Balaban J connectivity index is 4.51. The van der Waals surface area contributed by atoms with Crippen LogP contribution in [0.5, 0.6) is 0 Å². The van der Waals surface area contributed by atoms with Gasteiger partial charge in [0.2, 0.25) is 0 Å². The maximum Gasteiger partial charge on any atom is 0.306 e. The van der Waals surface area contributed by atoms with E-state index in [1.807, 2.05) is 42.5 Å². The Bertz CT molecular complexity index is 1170. The molecule has 0 rings (SSSR count). The van der Waals surface area contributed by atoms with Crippen molar-refractivity contribution in [3.8, 4) is 0 Å². The monoisotopic (exact) mass is 768 g/mol. The van der Waals surface area contributed by atoms with E-state index in [-0.39, 0.29) is 43.1 Å². The van der Waals surface area contributed by atoms with Gasteiger partial charge in [0.15, 0.2) is 6.10 Å². The smallest absolute Gasteiger partial charge is 0.306 e. The zero-order valence-electron chi connectivity index (χ0n) is 35.3. The molecule has 0 heterocycles. The topological polar surface area (TPSA) is 102 Å². The number of quaternary nitrogens is 1. The summed E-state index contributed by atoms with van der Waals surface area (Å²) in [6, 6.07) is -0.743. The van der Waals surface area contributed by atoms with Crippen LogP contribution in [0.2, 0.25) is 0 Å². The normalized spacial score (nSPS) is 13.8. The standard InChI is InChI=1S/C47H77NO7/c1-6-8-10-12-14-16-18-20-21-22-23-24-26-27-29-31-33-35-37-45(49)54-42-43(41-53-40-39-44(47(51)52)48(3,4)5)55-46(50)38-36-34-32-30-28-25-19-17-15-13-11-9-7-2/h10,12,14,16,18,20-25,28,32,34,43-44H,6-9,11,13,15,17,19,26-27,29-31,33,35-42H2,1-5H3/b12-10+,16-14+,20-18+,22-21+,24-23+,28-25+,34-32+. The summed E-state index contributed by atoms with van der Waals surface area (Å²) in [6.07, 6.45) is 47.6. The fourth-order valence-corrected chi connectivity index (χ4v) is 5.56. The van der Waals surface area contributed by atoms with E-state index in [0.29, 0.717) is 12.8 Å². The minimum Gasteiger partial charge on any atom is -0.544 e. The number of nitrogens with zero attached hydrogens (tertiary/aromatic N) is 1. The molecule has 2 unspecified atom stereocenters. The molecule has 0 fully saturated rings. The first-order valence-corrected chi connectivity index (χ1v) is 21.2. The van der Waals surface area contributed by atoms with Gasteiger partial charge in [0.05, 0.1) is 40.3 Å². The number of hydrogen-bond donors (Lipinski definition) is 0. The number of carboxylic acid groups (broad SMARTS) is 1. The van der Waals surface area contributed by atoms with E-state index in [1.165, 1.54) is 44.9 Å². The molecule has 2 atom stereocenters. The molecular weight excluding hydrogens is 691 g/mol. The molecule has 0 aliphatic rings. The van der Waals surface area contributed by atoms with Crippen LogP contribution < -0.4 is 5.11 Å². The Labute approximate surface area is 335 Å². The van der Waals surface area contributed by atoms with Crippen molar-refractivity contribution >= 4 is 17.9 Å². The molecule has 0 saturated heterocycles. The Kier molecular flexibility index (Phi) is 35.1. The number of allylic oxidation sites excluding steroid dienone is 14. The molecule has 0 aliphatic carbocycles. The van der Waals surface area contributed by atoms with Gasteiger partial charge in [-0.05, 0) is 51.4 Å². The Morgan fingerprint density at radius 2 is 1.11 bits per heavy atom. The van der Waals surface area contributed by atoms with E-state index in [4.69, 9.17) is 14.2 Å². The van der Waals surface area contributed by atoms with Crippen LogP contribution in [0.1, 0.15) is 142 Å². The van der Waals surface area contributed by atoms with Gasteiger partial charge in [-0.3, -0.25) is 9.59 Å². The highest BCUT2D eigenvalue weighted by molar-refractivity contribution is 5.70. The fraction of sp³-hybridized carbons (Fsp3) is 0.638.